The first-order valence-corrected chi connectivity index (χ1v) is 21.9. The zero-order valence-corrected chi connectivity index (χ0v) is 41.7. The molecule has 0 aliphatic carbocycles. The smallest absolute Gasteiger partial charge is 0.378 e. The number of morpholine rings is 1. The zero-order valence-electron chi connectivity index (χ0n) is 41.7. The van der Waals surface area contributed by atoms with Gasteiger partial charge in [0, 0.05) is 72.0 Å². The van der Waals surface area contributed by atoms with Crippen molar-refractivity contribution in [3.05, 3.63) is 142 Å². The molecule has 0 aromatic carbocycles. The van der Waals surface area contributed by atoms with Gasteiger partial charge in [0.1, 0.15) is 11.5 Å². The minimum absolute atomic E-state index is 0.170. The first-order valence-electron chi connectivity index (χ1n) is 21.9. The largest absolute Gasteiger partial charge is 0.433 e. The molecule has 0 unspecified atom stereocenters. The van der Waals surface area contributed by atoms with Crippen LogP contribution in [0.4, 0.5) is 19.0 Å². The van der Waals surface area contributed by atoms with Gasteiger partial charge in [0.2, 0.25) is 0 Å². The van der Waals surface area contributed by atoms with E-state index < -0.39 is 11.9 Å². The Bertz CT molecular complexity index is 2040. The molecule has 1 aliphatic rings. The lowest BCUT2D eigenvalue weighted by atomic mass is 9.86. The maximum atomic E-state index is 12.2. The van der Waals surface area contributed by atoms with E-state index in [4.69, 9.17) is 4.74 Å². The molecule has 0 N–H and O–H groups in total. The minimum Gasteiger partial charge on any atom is -0.378 e. The topological polar surface area (TPSA) is 76.9 Å². The number of aromatic nitrogens is 5. The fraction of sp³-hybridized carbons (Fsp3) is 0.528. The van der Waals surface area contributed by atoms with Crippen LogP contribution in [0.25, 0.3) is 0 Å². The molecule has 1 fully saturated rings. The van der Waals surface area contributed by atoms with Gasteiger partial charge in [-0.3, -0.25) is 19.9 Å². The quantitative estimate of drug-likeness (QED) is 0.166. The summed E-state index contributed by atoms with van der Waals surface area (Å²) in [6.07, 6.45) is 4.55. The first-order chi connectivity index (χ1) is 28.8. The van der Waals surface area contributed by atoms with E-state index in [-0.39, 0.29) is 27.1 Å². The predicted molar refractivity (Wildman–Crippen MR) is 257 cm³/mol. The predicted octanol–water partition coefficient (Wildman–Crippen LogP) is 13.7. The monoisotopic (exact) mass is 871 g/mol. The summed E-state index contributed by atoms with van der Waals surface area (Å²) < 4.78 is 41.8. The number of pyridine rings is 5. The van der Waals surface area contributed by atoms with E-state index in [2.05, 4.69) is 170 Å². The van der Waals surface area contributed by atoms with Gasteiger partial charge in [-0.05, 0) is 101 Å². The summed E-state index contributed by atoms with van der Waals surface area (Å²) in [4.78, 5) is 23.1. The molecule has 7 nitrogen and oxygen atoms in total. The van der Waals surface area contributed by atoms with Crippen LogP contribution in [0.5, 0.6) is 0 Å². The van der Waals surface area contributed by atoms with Crippen molar-refractivity contribution in [2.45, 2.75) is 158 Å². The molecule has 5 aromatic rings. The van der Waals surface area contributed by atoms with Crippen LogP contribution in [-0.4, -0.2) is 51.2 Å². The maximum Gasteiger partial charge on any atom is 0.433 e. The Kier molecular flexibility index (Phi) is 19.7. The number of hydrogen-bond donors (Lipinski definition) is 0. The highest BCUT2D eigenvalue weighted by molar-refractivity contribution is 5.40. The highest BCUT2D eigenvalue weighted by Gasteiger charge is 2.32. The average molecular weight is 871 g/mol. The number of anilines is 1. The molecule has 0 saturated carbocycles. The van der Waals surface area contributed by atoms with E-state index >= 15 is 0 Å². The van der Waals surface area contributed by atoms with Crippen molar-refractivity contribution in [3.63, 3.8) is 0 Å². The van der Waals surface area contributed by atoms with Crippen molar-refractivity contribution >= 4 is 5.82 Å². The average Bonchev–Trinajstić information content (AvgIpc) is 3.18. The number of rotatable bonds is 1. The summed E-state index contributed by atoms with van der Waals surface area (Å²) in [7, 11) is 0. The highest BCUT2D eigenvalue weighted by atomic mass is 19.4. The molecule has 0 amide bonds. The van der Waals surface area contributed by atoms with Crippen molar-refractivity contribution < 1.29 is 17.9 Å². The van der Waals surface area contributed by atoms with Crippen LogP contribution in [0, 0.1) is 20.8 Å². The molecule has 346 valence electrons. The van der Waals surface area contributed by atoms with E-state index in [1.165, 1.54) is 34.5 Å². The third-order valence-corrected chi connectivity index (χ3v) is 10.0. The minimum atomic E-state index is -4.35. The Labute approximate surface area is 378 Å². The lowest BCUT2D eigenvalue weighted by molar-refractivity contribution is -0.141. The van der Waals surface area contributed by atoms with Crippen LogP contribution < -0.4 is 4.90 Å². The summed E-state index contributed by atoms with van der Waals surface area (Å²) in [6, 6.07) is 19.3. The Morgan fingerprint density at radius 2 is 1.00 bits per heavy atom. The van der Waals surface area contributed by atoms with Gasteiger partial charge in [-0.2, -0.15) is 13.2 Å². The Balaban J connectivity index is 0.000000274. The van der Waals surface area contributed by atoms with Crippen LogP contribution in [0.15, 0.2) is 91.6 Å². The van der Waals surface area contributed by atoms with E-state index in [0.717, 1.165) is 60.8 Å². The van der Waals surface area contributed by atoms with Crippen LogP contribution in [0.1, 0.15) is 154 Å². The highest BCUT2D eigenvalue weighted by Crippen LogP contribution is 2.30. The molecule has 0 atom stereocenters. The molecular weight excluding hydrogens is 794 g/mol. The Morgan fingerprint density at radius 3 is 1.37 bits per heavy atom. The van der Waals surface area contributed by atoms with Crippen molar-refractivity contribution in [3.8, 4) is 0 Å². The molecule has 1 saturated heterocycles. The van der Waals surface area contributed by atoms with Gasteiger partial charge >= 0.3 is 6.18 Å². The molecule has 1 aliphatic heterocycles. The van der Waals surface area contributed by atoms with Gasteiger partial charge in [-0.1, -0.05) is 128 Å². The fourth-order valence-corrected chi connectivity index (χ4v) is 5.95. The molecule has 63 heavy (non-hydrogen) atoms. The molecule has 0 bridgehead atoms. The molecule has 10 heteroatoms. The summed E-state index contributed by atoms with van der Waals surface area (Å²) in [5.74, 6) is 1.07. The lowest BCUT2D eigenvalue weighted by Gasteiger charge is -2.28. The SMILES string of the molecule is CC(C)(C)c1ccc(C(F)(F)F)nc1.CC(C)(C)c1ccc(N2CCOCC2)nc1.Cc1ccc(C(C)(C)C)nc1.Cc1ccnc(C(C)(C)C)c1.Cc1ncccc1C(C)(C)C. The lowest BCUT2D eigenvalue weighted by Crippen LogP contribution is -2.36. The second kappa shape index (κ2) is 22.8. The van der Waals surface area contributed by atoms with Crippen LogP contribution >= 0.6 is 0 Å². The van der Waals surface area contributed by atoms with E-state index in [0.29, 0.717) is 0 Å². The number of hydrogen-bond acceptors (Lipinski definition) is 7. The number of aryl methyl sites for hydroxylation is 3. The number of alkyl halides is 3. The molecule has 6 rings (SSSR count). The fourth-order valence-electron chi connectivity index (χ4n) is 5.95. The summed E-state index contributed by atoms with van der Waals surface area (Å²) in [5.41, 5.74) is 9.11. The Morgan fingerprint density at radius 1 is 0.476 bits per heavy atom. The van der Waals surface area contributed by atoms with Crippen LogP contribution in [0.3, 0.4) is 0 Å². The first kappa shape index (κ1) is 54.4. The molecule has 6 heterocycles. The second-order valence-corrected chi connectivity index (χ2v) is 21.3. The molecule has 0 spiro atoms. The Hall–Kier alpha value is -4.70. The normalized spacial score (nSPS) is 13.4. The van der Waals surface area contributed by atoms with Gasteiger partial charge in [0.25, 0.3) is 0 Å². The van der Waals surface area contributed by atoms with Gasteiger partial charge in [-0.15, -0.1) is 0 Å². The van der Waals surface area contributed by atoms with Crippen molar-refractivity contribution in [2.75, 3.05) is 31.2 Å². The van der Waals surface area contributed by atoms with Crippen molar-refractivity contribution in [1.29, 1.82) is 0 Å². The van der Waals surface area contributed by atoms with E-state index in [1.807, 2.05) is 57.7 Å². The van der Waals surface area contributed by atoms with Crippen LogP contribution in [-0.2, 0) is 38.0 Å². The summed E-state index contributed by atoms with van der Waals surface area (Å²) >= 11 is 0. The summed E-state index contributed by atoms with van der Waals surface area (Å²) in [5, 5.41) is 0. The third-order valence-electron chi connectivity index (χ3n) is 10.0. The second-order valence-electron chi connectivity index (χ2n) is 21.3. The molecule has 0 radical (unpaired) electrons. The van der Waals surface area contributed by atoms with Crippen LogP contribution in [0.2, 0.25) is 0 Å². The molecular formula is C53H77F3N6O. The van der Waals surface area contributed by atoms with Gasteiger partial charge in [0.15, 0.2) is 0 Å². The third kappa shape index (κ3) is 19.7. The van der Waals surface area contributed by atoms with Crippen molar-refractivity contribution in [2.24, 2.45) is 0 Å². The summed E-state index contributed by atoms with van der Waals surface area (Å²) in [6.45, 7) is 41.8. The maximum absolute atomic E-state index is 12.2. The van der Waals surface area contributed by atoms with Crippen molar-refractivity contribution in [1.82, 2.24) is 24.9 Å². The number of halogens is 3. The number of nitrogens with zero attached hydrogens (tertiary/aromatic N) is 6. The zero-order chi connectivity index (χ0) is 48.0. The standard InChI is InChI=1S/C13H20N2O.C10H12F3N.3C10H15N/c1-13(2,3)11-4-5-12(14-10-11)15-6-8-16-9-7-15;1-9(2,3)7-4-5-8(14-6-7)10(11,12)13;1-8-5-6-11-9(7-8)10(2,3)4;1-8-5-6-9(11-7-8)10(2,3)4;1-8-9(10(2,3)4)6-5-7-11-8/h4-5,10H,6-9H2,1-3H3;4-6H,1-3H3;3*5-7H,1-4H3. The van der Waals surface area contributed by atoms with Gasteiger partial charge in [-0.25, -0.2) is 4.98 Å². The number of ether oxygens (including phenoxy) is 1. The van der Waals surface area contributed by atoms with E-state index in [1.54, 1.807) is 0 Å². The van der Waals surface area contributed by atoms with Gasteiger partial charge in [0.05, 0.1) is 13.2 Å². The molecule has 5 aromatic heterocycles. The van der Waals surface area contributed by atoms with E-state index in [9.17, 15) is 13.2 Å². The van der Waals surface area contributed by atoms with Gasteiger partial charge < -0.3 is 9.64 Å².